The van der Waals surface area contributed by atoms with E-state index in [0.29, 0.717) is 0 Å². The number of carbonyl (C=O) groups excluding carboxylic acids is 1. The smallest absolute Gasteiger partial charge is 0.185 e. The minimum atomic E-state index is -0.216. The fourth-order valence-corrected chi connectivity index (χ4v) is 2.12. The third-order valence-electron chi connectivity index (χ3n) is 2.62. The molecular weight excluding hydrogens is 276 g/mol. The summed E-state index contributed by atoms with van der Waals surface area (Å²) in [5.74, 6) is 0.0346. The first-order chi connectivity index (χ1) is 8.20. The van der Waals surface area contributed by atoms with Crippen LogP contribution in [0.15, 0.2) is 66.8 Å². The van der Waals surface area contributed by atoms with E-state index >= 15 is 0 Å². The maximum Gasteiger partial charge on any atom is 0.185 e. The number of carbonyl (C=O) groups is 1. The maximum absolute atomic E-state index is 11.9. The molecule has 0 bridgehead atoms. The number of hydrogen-bond acceptors (Lipinski definition) is 1. The Balaban J connectivity index is 2.09. The van der Waals surface area contributed by atoms with Crippen LogP contribution in [0.1, 0.15) is 16.8 Å². The normalized spacial score (nSPS) is 23.1. The van der Waals surface area contributed by atoms with E-state index in [1.807, 2.05) is 54.6 Å². The number of rotatable bonds is 3. The van der Waals surface area contributed by atoms with Crippen molar-refractivity contribution in [2.75, 3.05) is 0 Å². The molecule has 0 saturated heterocycles. The lowest BCUT2D eigenvalue weighted by Crippen LogP contribution is -2.14. The highest BCUT2D eigenvalue weighted by Crippen LogP contribution is 2.29. The number of halogens is 1. The molecule has 17 heavy (non-hydrogen) atoms. The van der Waals surface area contributed by atoms with Crippen molar-refractivity contribution in [3.05, 3.63) is 72.4 Å². The van der Waals surface area contributed by atoms with Crippen LogP contribution in [-0.2, 0) is 0 Å². The zero-order chi connectivity index (χ0) is 12.1. The predicted molar refractivity (Wildman–Crippen MR) is 74.5 cm³/mol. The predicted octanol–water partition coefficient (Wildman–Crippen LogP) is 4.08. The first kappa shape index (κ1) is 12.1. The van der Waals surface area contributed by atoms with Crippen LogP contribution < -0.4 is 0 Å². The molecule has 1 unspecified atom stereocenters. The van der Waals surface area contributed by atoms with Gasteiger partial charge in [-0.05, 0) is 12.5 Å². The molecule has 1 atom stereocenters. The second-order valence-corrected chi connectivity index (χ2v) is 5.46. The van der Waals surface area contributed by atoms with Crippen LogP contribution in [0.2, 0.25) is 0 Å². The second-order valence-electron chi connectivity index (χ2n) is 3.98. The highest BCUT2D eigenvalue weighted by molar-refractivity contribution is 9.10. The van der Waals surface area contributed by atoms with Crippen LogP contribution in [-0.4, -0.2) is 10.1 Å². The van der Waals surface area contributed by atoms with E-state index in [-0.39, 0.29) is 10.1 Å². The molecule has 0 N–H and O–H groups in total. The van der Waals surface area contributed by atoms with Gasteiger partial charge in [-0.25, -0.2) is 0 Å². The Hall–Kier alpha value is -1.41. The molecule has 0 heterocycles. The molecule has 2 heteroatoms. The van der Waals surface area contributed by atoms with Crippen LogP contribution in [0.25, 0.3) is 0 Å². The zero-order valence-corrected chi connectivity index (χ0v) is 10.9. The van der Waals surface area contributed by atoms with Crippen LogP contribution >= 0.6 is 15.9 Å². The van der Waals surface area contributed by atoms with E-state index in [2.05, 4.69) is 22.0 Å². The average Bonchev–Trinajstić information content (AvgIpc) is 2.38. The van der Waals surface area contributed by atoms with Crippen molar-refractivity contribution >= 4 is 21.7 Å². The molecule has 0 spiro atoms. The molecule has 1 aromatic carbocycles. The Morgan fingerprint density at radius 3 is 2.65 bits per heavy atom. The number of alkyl halides is 1. The van der Waals surface area contributed by atoms with Gasteiger partial charge in [-0.1, -0.05) is 76.6 Å². The maximum atomic E-state index is 11.9. The lowest BCUT2D eigenvalue weighted by molar-refractivity contribution is 0.104. The second kappa shape index (κ2) is 5.28. The van der Waals surface area contributed by atoms with Gasteiger partial charge in [0.1, 0.15) is 0 Å². The van der Waals surface area contributed by atoms with E-state index in [0.717, 1.165) is 12.0 Å². The summed E-state index contributed by atoms with van der Waals surface area (Å²) < 4.78 is -0.216. The fraction of sp³-hybridized carbons (Fsp3) is 0.133. The van der Waals surface area contributed by atoms with Gasteiger partial charge >= 0.3 is 0 Å². The molecule has 0 radical (unpaired) electrons. The lowest BCUT2D eigenvalue weighted by atomic mass is 9.99. The molecule has 1 aliphatic rings. The van der Waals surface area contributed by atoms with E-state index in [9.17, 15) is 4.79 Å². The monoisotopic (exact) mass is 288 g/mol. The van der Waals surface area contributed by atoms with Crippen molar-refractivity contribution in [2.45, 2.75) is 10.7 Å². The summed E-state index contributed by atoms with van der Waals surface area (Å²) in [6, 6.07) is 9.29. The molecule has 0 amide bonds. The van der Waals surface area contributed by atoms with Gasteiger partial charge in [0.2, 0.25) is 0 Å². The summed E-state index contributed by atoms with van der Waals surface area (Å²) in [6.45, 7) is 0. The Morgan fingerprint density at radius 1 is 1.24 bits per heavy atom. The van der Waals surface area contributed by atoms with E-state index in [1.54, 1.807) is 6.08 Å². The van der Waals surface area contributed by atoms with Gasteiger partial charge in [0, 0.05) is 5.56 Å². The van der Waals surface area contributed by atoms with E-state index in [1.165, 1.54) is 0 Å². The summed E-state index contributed by atoms with van der Waals surface area (Å²) in [6.07, 6.45) is 12.5. The first-order valence-corrected chi connectivity index (χ1v) is 6.31. The molecule has 86 valence electrons. The van der Waals surface area contributed by atoms with Gasteiger partial charge in [0.05, 0.1) is 4.32 Å². The third kappa shape index (κ3) is 3.27. The molecule has 1 aromatic rings. The minimum Gasteiger partial charge on any atom is -0.289 e. The van der Waals surface area contributed by atoms with Crippen LogP contribution in [0, 0.1) is 0 Å². The number of hydrogen-bond donors (Lipinski definition) is 0. The highest BCUT2D eigenvalue weighted by Gasteiger charge is 2.19. The van der Waals surface area contributed by atoms with Gasteiger partial charge < -0.3 is 0 Å². The van der Waals surface area contributed by atoms with Gasteiger partial charge in [-0.15, -0.1) is 0 Å². The number of benzene rings is 1. The minimum absolute atomic E-state index is 0.0346. The summed E-state index contributed by atoms with van der Waals surface area (Å²) in [7, 11) is 0. The molecule has 2 rings (SSSR count). The van der Waals surface area contributed by atoms with Crippen molar-refractivity contribution in [2.24, 2.45) is 0 Å². The quantitative estimate of drug-likeness (QED) is 0.465. The van der Waals surface area contributed by atoms with Crippen molar-refractivity contribution in [1.82, 2.24) is 0 Å². The molecular formula is C15H13BrO. The standard InChI is InChI=1S/C15H13BrO/c16-15(10-5-2-6-11-15)12-9-14(17)13-7-3-1-4-8-13/h1-10,12H,11H2. The van der Waals surface area contributed by atoms with Crippen molar-refractivity contribution in [3.63, 3.8) is 0 Å². The molecule has 1 nitrogen and oxygen atoms in total. The molecule has 0 aliphatic heterocycles. The number of allylic oxidation sites excluding steroid dienone is 6. The van der Waals surface area contributed by atoms with Crippen molar-refractivity contribution < 1.29 is 4.79 Å². The van der Waals surface area contributed by atoms with Gasteiger partial charge in [0.25, 0.3) is 0 Å². The Kier molecular flexibility index (Phi) is 3.75. The van der Waals surface area contributed by atoms with Crippen LogP contribution in [0.3, 0.4) is 0 Å². The summed E-state index contributed by atoms with van der Waals surface area (Å²) in [5.41, 5.74) is 0.718. The molecule has 1 aliphatic carbocycles. The molecule has 0 aromatic heterocycles. The van der Waals surface area contributed by atoms with E-state index < -0.39 is 0 Å². The SMILES string of the molecule is O=C(C=CC1(Br)C=CC=CC1)c1ccccc1. The van der Waals surface area contributed by atoms with Gasteiger partial charge in [0.15, 0.2) is 5.78 Å². The Labute approximate surface area is 110 Å². The largest absolute Gasteiger partial charge is 0.289 e. The first-order valence-electron chi connectivity index (χ1n) is 5.51. The van der Waals surface area contributed by atoms with Gasteiger partial charge in [-0.2, -0.15) is 0 Å². The zero-order valence-electron chi connectivity index (χ0n) is 9.34. The van der Waals surface area contributed by atoms with Crippen LogP contribution in [0.5, 0.6) is 0 Å². The summed E-state index contributed by atoms with van der Waals surface area (Å²) in [4.78, 5) is 11.9. The Bertz CT molecular complexity index is 485. The summed E-state index contributed by atoms with van der Waals surface area (Å²) >= 11 is 3.62. The molecule has 0 saturated carbocycles. The topological polar surface area (TPSA) is 17.1 Å². The van der Waals surface area contributed by atoms with Crippen molar-refractivity contribution in [1.29, 1.82) is 0 Å². The Morgan fingerprint density at radius 2 is 2.00 bits per heavy atom. The number of ketones is 1. The third-order valence-corrected chi connectivity index (χ3v) is 3.47. The van der Waals surface area contributed by atoms with Crippen LogP contribution in [0.4, 0.5) is 0 Å². The summed E-state index contributed by atoms with van der Waals surface area (Å²) in [5, 5.41) is 0. The van der Waals surface area contributed by atoms with Gasteiger partial charge in [-0.3, -0.25) is 4.79 Å². The molecule has 0 fully saturated rings. The lowest BCUT2D eigenvalue weighted by Gasteiger charge is -2.19. The van der Waals surface area contributed by atoms with Crippen molar-refractivity contribution in [3.8, 4) is 0 Å². The average molecular weight is 289 g/mol. The fourth-order valence-electron chi connectivity index (χ4n) is 1.65. The highest BCUT2D eigenvalue weighted by atomic mass is 79.9. The van der Waals surface area contributed by atoms with E-state index in [4.69, 9.17) is 0 Å².